The number of Topliss-reactive ketones (excluding diaryl/α,β-unsaturated/α-hetero) is 1. The van der Waals surface area contributed by atoms with E-state index in [0.29, 0.717) is 17.2 Å². The number of fused-ring (bicyclic) bond motifs is 2. The minimum absolute atomic E-state index is 0.204. The van der Waals surface area contributed by atoms with E-state index in [9.17, 15) is 33.6 Å². The molecule has 43 heavy (non-hydrogen) atoms. The van der Waals surface area contributed by atoms with Crippen molar-refractivity contribution in [2.45, 2.75) is 32.4 Å². The fourth-order valence-electron chi connectivity index (χ4n) is 4.89. The highest BCUT2D eigenvalue weighted by Crippen LogP contribution is 2.33. The molecule has 0 unspecified atom stereocenters. The summed E-state index contributed by atoms with van der Waals surface area (Å²) in [7, 11) is 0. The van der Waals surface area contributed by atoms with Gasteiger partial charge in [0.05, 0.1) is 30.5 Å². The number of amides is 5. The second kappa shape index (κ2) is 13.5. The van der Waals surface area contributed by atoms with Crippen LogP contribution in [0, 0.1) is 0 Å². The van der Waals surface area contributed by atoms with Crippen molar-refractivity contribution in [3.05, 3.63) is 72.3 Å². The number of carbonyl (C=O) groups is 7. The molecule has 12 nitrogen and oxygen atoms in total. The first-order valence-electron chi connectivity index (χ1n) is 13.6. The van der Waals surface area contributed by atoms with Gasteiger partial charge in [-0.3, -0.25) is 33.7 Å². The molecule has 5 amide bonds. The zero-order chi connectivity index (χ0) is 31.1. The molecule has 3 aromatic rings. The molecule has 1 aliphatic rings. The number of aldehydes is 1. The molecule has 0 radical (unpaired) electrons. The molecule has 0 spiro atoms. The summed E-state index contributed by atoms with van der Waals surface area (Å²) in [5.74, 6) is -3.25. The van der Waals surface area contributed by atoms with E-state index in [0.717, 1.165) is 10.3 Å². The van der Waals surface area contributed by atoms with Gasteiger partial charge in [-0.2, -0.15) is 0 Å². The van der Waals surface area contributed by atoms with Gasteiger partial charge >= 0.3 is 0 Å². The fourth-order valence-corrected chi connectivity index (χ4v) is 4.89. The number of carbonyl (C=O) groups excluding carboxylic acids is 7. The Morgan fingerprint density at radius 3 is 2.30 bits per heavy atom. The van der Waals surface area contributed by atoms with E-state index in [2.05, 4.69) is 16.0 Å². The van der Waals surface area contributed by atoms with Gasteiger partial charge in [0.25, 0.3) is 11.8 Å². The predicted octanol–water partition coefficient (Wildman–Crippen LogP) is 1.12. The van der Waals surface area contributed by atoms with Crippen LogP contribution in [0.25, 0.3) is 10.8 Å². The number of benzene rings is 3. The van der Waals surface area contributed by atoms with Crippen LogP contribution in [0.3, 0.4) is 0 Å². The van der Waals surface area contributed by atoms with E-state index in [-0.39, 0.29) is 36.7 Å². The van der Waals surface area contributed by atoms with E-state index in [1.54, 1.807) is 48.5 Å². The molecule has 0 aliphatic carbocycles. The number of ketones is 1. The second-order valence-electron chi connectivity index (χ2n) is 10.1. The minimum atomic E-state index is -1.30. The van der Waals surface area contributed by atoms with Gasteiger partial charge in [-0.25, -0.2) is 0 Å². The smallest absolute Gasteiger partial charge is 0.252 e. The molecular formula is C31H31N5O7. The predicted molar refractivity (Wildman–Crippen MR) is 158 cm³/mol. The van der Waals surface area contributed by atoms with E-state index >= 15 is 0 Å². The van der Waals surface area contributed by atoms with Gasteiger partial charge in [-0.05, 0) is 35.9 Å². The van der Waals surface area contributed by atoms with Crippen molar-refractivity contribution in [3.8, 4) is 0 Å². The lowest BCUT2D eigenvalue weighted by Crippen LogP contribution is -2.55. The number of hydrogen-bond acceptors (Lipinski definition) is 7. The third-order valence-corrected chi connectivity index (χ3v) is 6.84. The number of rotatable bonds is 10. The van der Waals surface area contributed by atoms with Crippen LogP contribution in [0.2, 0.25) is 0 Å². The Balaban J connectivity index is 1.71. The molecule has 3 N–H and O–H groups in total. The SMILES string of the molecule is CC(=O)C[C@@H](C=O)NC(=O)CN1C(=O)[C@@H](NC(=O)c2cccc3ccccc23)CN(C(=O)CNC(C)=O)c2ccccc21. The van der Waals surface area contributed by atoms with Gasteiger partial charge in [-0.1, -0.05) is 48.5 Å². The van der Waals surface area contributed by atoms with Gasteiger partial charge in [0.2, 0.25) is 17.7 Å². The summed E-state index contributed by atoms with van der Waals surface area (Å²) in [4.78, 5) is 90.9. The zero-order valence-corrected chi connectivity index (χ0v) is 23.7. The van der Waals surface area contributed by atoms with Crippen LogP contribution in [0.15, 0.2) is 66.7 Å². The Morgan fingerprint density at radius 1 is 0.930 bits per heavy atom. The Labute approximate surface area is 247 Å². The zero-order valence-electron chi connectivity index (χ0n) is 23.7. The van der Waals surface area contributed by atoms with Gasteiger partial charge in [0.1, 0.15) is 24.7 Å². The molecule has 1 aliphatic heterocycles. The average Bonchev–Trinajstić information content (AvgIpc) is 3.09. The van der Waals surface area contributed by atoms with E-state index in [4.69, 9.17) is 0 Å². The summed E-state index contributed by atoms with van der Waals surface area (Å²) in [5.41, 5.74) is 0.790. The minimum Gasteiger partial charge on any atom is -0.347 e. The third kappa shape index (κ3) is 7.28. The summed E-state index contributed by atoms with van der Waals surface area (Å²) in [5, 5.41) is 9.11. The Kier molecular flexibility index (Phi) is 9.61. The topological polar surface area (TPSA) is 162 Å². The maximum absolute atomic E-state index is 14.0. The van der Waals surface area contributed by atoms with Crippen molar-refractivity contribution in [1.29, 1.82) is 0 Å². The molecule has 0 fully saturated rings. The number of para-hydroxylation sites is 2. The van der Waals surface area contributed by atoms with Crippen LogP contribution in [0.1, 0.15) is 30.6 Å². The monoisotopic (exact) mass is 585 g/mol. The second-order valence-corrected chi connectivity index (χ2v) is 10.1. The van der Waals surface area contributed by atoms with Crippen LogP contribution < -0.4 is 25.8 Å². The van der Waals surface area contributed by atoms with Crippen molar-refractivity contribution in [2.24, 2.45) is 0 Å². The number of nitrogens with one attached hydrogen (secondary N) is 3. The molecule has 4 rings (SSSR count). The van der Waals surface area contributed by atoms with Gasteiger partial charge < -0.3 is 25.6 Å². The van der Waals surface area contributed by atoms with Crippen molar-refractivity contribution in [3.63, 3.8) is 0 Å². The average molecular weight is 586 g/mol. The molecular weight excluding hydrogens is 554 g/mol. The van der Waals surface area contributed by atoms with E-state index in [1.165, 1.54) is 18.7 Å². The lowest BCUT2D eigenvalue weighted by Gasteiger charge is -2.25. The summed E-state index contributed by atoms with van der Waals surface area (Å²) in [6, 6.07) is 16.4. The molecule has 1 heterocycles. The van der Waals surface area contributed by atoms with Crippen LogP contribution in [0.5, 0.6) is 0 Å². The highest BCUT2D eigenvalue weighted by molar-refractivity contribution is 6.13. The molecule has 2 atom stereocenters. The number of nitrogens with zero attached hydrogens (tertiary/aromatic N) is 2. The molecule has 0 bridgehead atoms. The van der Waals surface area contributed by atoms with E-state index in [1.807, 2.05) is 18.2 Å². The van der Waals surface area contributed by atoms with Gasteiger partial charge in [-0.15, -0.1) is 0 Å². The Morgan fingerprint density at radius 2 is 1.60 bits per heavy atom. The van der Waals surface area contributed by atoms with Crippen LogP contribution in [-0.2, 0) is 28.8 Å². The lowest BCUT2D eigenvalue weighted by molar-refractivity contribution is -0.127. The fraction of sp³-hybridized carbons (Fsp3) is 0.258. The number of anilines is 2. The van der Waals surface area contributed by atoms with Crippen molar-refractivity contribution < 1.29 is 33.6 Å². The van der Waals surface area contributed by atoms with Crippen LogP contribution >= 0.6 is 0 Å². The standard InChI is InChI=1S/C31H31N5O7/c1-19(38)14-22(18-37)33-28(40)17-36-27-13-6-5-12-26(27)35(29(41)15-32-20(2)39)16-25(31(36)43)34-30(42)24-11-7-9-21-8-3-4-10-23(21)24/h3-13,18,22,25H,14-17H2,1-2H3,(H,32,39)(H,33,40)(H,34,42)/t22-,25-/m0/s1. The third-order valence-electron chi connectivity index (χ3n) is 6.84. The molecule has 0 aromatic heterocycles. The van der Waals surface area contributed by atoms with Gasteiger partial charge in [0, 0.05) is 18.9 Å². The Hall–Kier alpha value is -5.39. The van der Waals surface area contributed by atoms with Crippen molar-refractivity contribution in [2.75, 3.05) is 29.4 Å². The maximum atomic E-state index is 14.0. The van der Waals surface area contributed by atoms with E-state index < -0.39 is 48.2 Å². The summed E-state index contributed by atoms with van der Waals surface area (Å²) >= 11 is 0. The molecule has 12 heteroatoms. The first-order valence-corrected chi connectivity index (χ1v) is 13.6. The summed E-state index contributed by atoms with van der Waals surface area (Å²) in [6.45, 7) is 1.33. The molecule has 0 saturated heterocycles. The lowest BCUT2D eigenvalue weighted by atomic mass is 10.0. The molecule has 3 aromatic carbocycles. The van der Waals surface area contributed by atoms with Gasteiger partial charge in [0.15, 0.2) is 0 Å². The van der Waals surface area contributed by atoms with Crippen molar-refractivity contribution >= 4 is 63.8 Å². The van der Waals surface area contributed by atoms with Crippen LogP contribution in [-0.4, -0.2) is 73.3 Å². The highest BCUT2D eigenvalue weighted by Gasteiger charge is 2.38. The largest absolute Gasteiger partial charge is 0.347 e. The highest BCUT2D eigenvalue weighted by atomic mass is 16.2. The summed E-state index contributed by atoms with van der Waals surface area (Å²) < 4.78 is 0. The quantitative estimate of drug-likeness (QED) is 0.300. The number of hydrogen-bond donors (Lipinski definition) is 3. The first kappa shape index (κ1) is 30.6. The summed E-state index contributed by atoms with van der Waals surface area (Å²) in [6.07, 6.45) is 0.224. The molecule has 0 saturated carbocycles. The van der Waals surface area contributed by atoms with Crippen LogP contribution in [0.4, 0.5) is 11.4 Å². The van der Waals surface area contributed by atoms with Crippen molar-refractivity contribution in [1.82, 2.24) is 16.0 Å². The molecule has 222 valence electrons. The normalized spacial score (nSPS) is 15.1. The Bertz CT molecular complexity index is 1600. The maximum Gasteiger partial charge on any atom is 0.252 e. The first-order chi connectivity index (χ1) is 20.6.